The molecule has 6 nitrogen and oxygen atoms in total. The minimum Gasteiger partial charge on any atom is -0.409 e. The van der Waals surface area contributed by atoms with Crippen LogP contribution in [-0.2, 0) is 11.3 Å². The molecule has 0 saturated carbocycles. The van der Waals surface area contributed by atoms with Crippen LogP contribution in [0.3, 0.4) is 0 Å². The SMILES string of the molecule is CC1(NCc2cccnc2/C(N)=N/O)CCOC1. The molecule has 98 valence electrons. The van der Waals surface area contributed by atoms with Gasteiger partial charge in [0.15, 0.2) is 5.84 Å². The van der Waals surface area contributed by atoms with Crippen LogP contribution in [0.2, 0.25) is 0 Å². The molecule has 2 heterocycles. The van der Waals surface area contributed by atoms with Crippen molar-refractivity contribution in [1.29, 1.82) is 0 Å². The Morgan fingerprint density at radius 1 is 1.72 bits per heavy atom. The van der Waals surface area contributed by atoms with Gasteiger partial charge in [0.1, 0.15) is 5.69 Å². The standard InChI is InChI=1S/C12H18N4O2/c1-12(4-6-18-8-12)15-7-9-3-2-5-14-10(9)11(13)16-17/h2-3,5,15,17H,4,6-8H2,1H3,(H2,13,16). The molecule has 1 fully saturated rings. The fraction of sp³-hybridized carbons (Fsp3) is 0.500. The van der Waals surface area contributed by atoms with Crippen LogP contribution in [0.4, 0.5) is 0 Å². The Labute approximate surface area is 106 Å². The minimum atomic E-state index is -0.0156. The summed E-state index contributed by atoms with van der Waals surface area (Å²) in [5.41, 5.74) is 6.99. The lowest BCUT2D eigenvalue weighted by Gasteiger charge is -2.24. The molecule has 0 spiro atoms. The highest BCUT2D eigenvalue weighted by Gasteiger charge is 2.29. The third-order valence-electron chi connectivity index (χ3n) is 3.17. The summed E-state index contributed by atoms with van der Waals surface area (Å²) in [6.07, 6.45) is 2.60. The van der Waals surface area contributed by atoms with Crippen LogP contribution in [0, 0.1) is 0 Å². The Morgan fingerprint density at radius 3 is 3.22 bits per heavy atom. The number of amidine groups is 1. The third kappa shape index (κ3) is 2.77. The van der Waals surface area contributed by atoms with Gasteiger partial charge in [0, 0.05) is 24.9 Å². The van der Waals surface area contributed by atoms with Crippen LogP contribution in [0.5, 0.6) is 0 Å². The van der Waals surface area contributed by atoms with Crippen LogP contribution in [0.25, 0.3) is 0 Å². The number of rotatable bonds is 4. The van der Waals surface area contributed by atoms with E-state index in [1.54, 1.807) is 6.20 Å². The van der Waals surface area contributed by atoms with E-state index < -0.39 is 0 Å². The van der Waals surface area contributed by atoms with Crippen molar-refractivity contribution in [2.45, 2.75) is 25.4 Å². The van der Waals surface area contributed by atoms with Crippen molar-refractivity contribution in [2.24, 2.45) is 10.9 Å². The molecule has 2 rings (SSSR count). The summed E-state index contributed by atoms with van der Waals surface area (Å²) in [5, 5.41) is 15.2. The van der Waals surface area contributed by atoms with E-state index in [2.05, 4.69) is 22.4 Å². The van der Waals surface area contributed by atoms with Gasteiger partial charge >= 0.3 is 0 Å². The quantitative estimate of drug-likeness (QED) is 0.312. The van der Waals surface area contributed by atoms with E-state index in [1.165, 1.54) is 0 Å². The molecule has 0 bridgehead atoms. The highest BCUT2D eigenvalue weighted by molar-refractivity contribution is 5.96. The van der Waals surface area contributed by atoms with Crippen molar-refractivity contribution in [3.05, 3.63) is 29.6 Å². The second-order valence-electron chi connectivity index (χ2n) is 4.71. The zero-order valence-electron chi connectivity index (χ0n) is 10.4. The van der Waals surface area contributed by atoms with E-state index >= 15 is 0 Å². The third-order valence-corrected chi connectivity index (χ3v) is 3.17. The first-order chi connectivity index (χ1) is 8.64. The first-order valence-electron chi connectivity index (χ1n) is 5.89. The van der Waals surface area contributed by atoms with Crippen molar-refractivity contribution in [3.63, 3.8) is 0 Å². The summed E-state index contributed by atoms with van der Waals surface area (Å²) in [4.78, 5) is 4.13. The number of hydrogen-bond donors (Lipinski definition) is 3. The molecule has 1 aromatic heterocycles. The number of pyridine rings is 1. The fourth-order valence-corrected chi connectivity index (χ4v) is 1.97. The maximum Gasteiger partial charge on any atom is 0.189 e. The fourth-order valence-electron chi connectivity index (χ4n) is 1.97. The molecule has 1 aliphatic heterocycles. The second kappa shape index (κ2) is 5.32. The maximum atomic E-state index is 8.73. The first-order valence-corrected chi connectivity index (χ1v) is 5.89. The van der Waals surface area contributed by atoms with Crippen LogP contribution < -0.4 is 11.1 Å². The zero-order valence-corrected chi connectivity index (χ0v) is 10.4. The molecule has 18 heavy (non-hydrogen) atoms. The highest BCUT2D eigenvalue weighted by Crippen LogP contribution is 2.18. The van der Waals surface area contributed by atoms with Crippen molar-refractivity contribution < 1.29 is 9.94 Å². The van der Waals surface area contributed by atoms with Crippen LogP contribution in [0.15, 0.2) is 23.5 Å². The summed E-state index contributed by atoms with van der Waals surface area (Å²) in [5.74, 6) is 0.0280. The Bertz CT molecular complexity index is 441. The molecule has 0 aromatic carbocycles. The normalized spacial score (nSPS) is 24.4. The molecule has 0 aliphatic carbocycles. The van der Waals surface area contributed by atoms with Gasteiger partial charge in [-0.1, -0.05) is 11.2 Å². The number of oxime groups is 1. The summed E-state index contributed by atoms with van der Waals surface area (Å²) < 4.78 is 5.38. The van der Waals surface area contributed by atoms with Gasteiger partial charge in [-0.2, -0.15) is 0 Å². The van der Waals surface area contributed by atoms with Crippen LogP contribution >= 0.6 is 0 Å². The van der Waals surface area contributed by atoms with E-state index in [0.717, 1.165) is 18.6 Å². The lowest BCUT2D eigenvalue weighted by atomic mass is 10.0. The first kappa shape index (κ1) is 12.8. The monoisotopic (exact) mass is 250 g/mol. The Morgan fingerprint density at radius 2 is 2.56 bits per heavy atom. The molecule has 1 saturated heterocycles. The molecule has 6 heteroatoms. The van der Waals surface area contributed by atoms with Gasteiger partial charge in [-0.05, 0) is 25.0 Å². The van der Waals surface area contributed by atoms with Crippen molar-refractivity contribution >= 4 is 5.84 Å². The Kier molecular flexibility index (Phi) is 3.78. The molecule has 0 radical (unpaired) electrons. The molecule has 1 unspecified atom stereocenters. The zero-order chi connectivity index (χ0) is 13.0. The largest absolute Gasteiger partial charge is 0.409 e. The van der Waals surface area contributed by atoms with Gasteiger partial charge in [-0.15, -0.1) is 0 Å². The van der Waals surface area contributed by atoms with E-state index in [0.29, 0.717) is 18.8 Å². The molecule has 4 N–H and O–H groups in total. The number of ether oxygens (including phenoxy) is 1. The van der Waals surface area contributed by atoms with E-state index in [4.69, 9.17) is 15.7 Å². The number of aromatic nitrogens is 1. The van der Waals surface area contributed by atoms with Gasteiger partial charge < -0.3 is 21.0 Å². The molecule has 1 aromatic rings. The Hall–Kier alpha value is -1.66. The predicted molar refractivity (Wildman–Crippen MR) is 67.4 cm³/mol. The van der Waals surface area contributed by atoms with Crippen molar-refractivity contribution in [2.75, 3.05) is 13.2 Å². The maximum absolute atomic E-state index is 8.73. The van der Waals surface area contributed by atoms with E-state index in [9.17, 15) is 0 Å². The van der Waals surface area contributed by atoms with Gasteiger partial charge in [0.2, 0.25) is 0 Å². The summed E-state index contributed by atoms with van der Waals surface area (Å²) in [7, 11) is 0. The lowest BCUT2D eigenvalue weighted by Crippen LogP contribution is -2.42. The Balaban J connectivity index is 2.09. The predicted octanol–water partition coefficient (Wildman–Crippen LogP) is 0.445. The lowest BCUT2D eigenvalue weighted by molar-refractivity contribution is 0.171. The van der Waals surface area contributed by atoms with E-state index in [1.807, 2.05) is 12.1 Å². The molecular weight excluding hydrogens is 232 g/mol. The molecular formula is C12H18N4O2. The van der Waals surface area contributed by atoms with Crippen LogP contribution in [-0.4, -0.2) is 34.8 Å². The smallest absolute Gasteiger partial charge is 0.189 e. The van der Waals surface area contributed by atoms with E-state index in [-0.39, 0.29) is 11.4 Å². The number of nitrogens with two attached hydrogens (primary N) is 1. The summed E-state index contributed by atoms with van der Waals surface area (Å²) in [6, 6.07) is 3.74. The summed E-state index contributed by atoms with van der Waals surface area (Å²) in [6.45, 7) is 4.22. The van der Waals surface area contributed by atoms with Crippen molar-refractivity contribution in [1.82, 2.24) is 10.3 Å². The van der Waals surface area contributed by atoms with Gasteiger partial charge in [-0.25, -0.2) is 0 Å². The number of nitrogens with zero attached hydrogens (tertiary/aromatic N) is 2. The molecule has 1 atom stereocenters. The molecule has 1 aliphatic rings. The summed E-state index contributed by atoms with van der Waals surface area (Å²) >= 11 is 0. The van der Waals surface area contributed by atoms with Gasteiger partial charge in [0.25, 0.3) is 0 Å². The average Bonchev–Trinajstić information content (AvgIpc) is 2.83. The average molecular weight is 250 g/mol. The minimum absolute atomic E-state index is 0.0156. The topological polar surface area (TPSA) is 92.8 Å². The van der Waals surface area contributed by atoms with Gasteiger partial charge in [0.05, 0.1) is 6.61 Å². The van der Waals surface area contributed by atoms with Crippen molar-refractivity contribution in [3.8, 4) is 0 Å². The number of hydrogen-bond acceptors (Lipinski definition) is 5. The highest BCUT2D eigenvalue weighted by atomic mass is 16.5. The van der Waals surface area contributed by atoms with Gasteiger partial charge in [-0.3, -0.25) is 4.98 Å². The molecule has 0 amide bonds. The second-order valence-corrected chi connectivity index (χ2v) is 4.71. The number of nitrogens with one attached hydrogen (secondary N) is 1. The van der Waals surface area contributed by atoms with Crippen LogP contribution in [0.1, 0.15) is 24.6 Å².